The summed E-state index contributed by atoms with van der Waals surface area (Å²) in [4.78, 5) is 41.4. The molecule has 182 valence electrons. The van der Waals surface area contributed by atoms with E-state index in [1.165, 1.54) is 47.6 Å². The van der Waals surface area contributed by atoms with E-state index in [1.54, 1.807) is 24.3 Å². The van der Waals surface area contributed by atoms with Crippen molar-refractivity contribution in [3.63, 3.8) is 0 Å². The zero-order valence-corrected chi connectivity index (χ0v) is 20.2. The lowest BCUT2D eigenvalue weighted by Gasteiger charge is -2.32. The van der Waals surface area contributed by atoms with Crippen molar-refractivity contribution in [2.75, 3.05) is 12.0 Å². The lowest BCUT2D eigenvalue weighted by Crippen LogP contribution is -2.47. The van der Waals surface area contributed by atoms with E-state index < -0.39 is 23.7 Å². The summed E-state index contributed by atoms with van der Waals surface area (Å²) in [7, 11) is 1.29. The normalized spacial score (nSPS) is 14.3. The Labute approximate surface area is 207 Å². The van der Waals surface area contributed by atoms with Gasteiger partial charge in [0.05, 0.1) is 19.1 Å². The Morgan fingerprint density at radius 3 is 2.40 bits per heavy atom. The molecule has 35 heavy (non-hydrogen) atoms. The number of thiophene rings is 1. The molecule has 2 amide bonds. The molecule has 0 bridgehead atoms. The van der Waals surface area contributed by atoms with Crippen molar-refractivity contribution >= 4 is 34.8 Å². The monoisotopic (exact) mass is 494 g/mol. The second-order valence-corrected chi connectivity index (χ2v) is 9.50. The van der Waals surface area contributed by atoms with Gasteiger partial charge >= 0.3 is 5.97 Å². The van der Waals surface area contributed by atoms with Gasteiger partial charge in [0, 0.05) is 22.2 Å². The van der Waals surface area contributed by atoms with E-state index in [-0.39, 0.29) is 23.9 Å². The number of ether oxygens (including phenoxy) is 1. The Kier molecular flexibility index (Phi) is 7.92. The van der Waals surface area contributed by atoms with Crippen LogP contribution in [0.4, 0.5) is 10.1 Å². The van der Waals surface area contributed by atoms with E-state index in [0.29, 0.717) is 11.3 Å². The quantitative estimate of drug-likeness (QED) is 0.445. The van der Waals surface area contributed by atoms with E-state index in [2.05, 4.69) is 5.32 Å². The molecule has 4 rings (SSSR count). The minimum atomic E-state index is -1.21. The van der Waals surface area contributed by atoms with Crippen LogP contribution in [0, 0.1) is 5.82 Å². The molecular formula is C27H27FN2O4S. The average Bonchev–Trinajstić information content (AvgIpc) is 3.57. The number of carbonyl (C=O) groups excluding carboxylic acids is 3. The second-order valence-electron chi connectivity index (χ2n) is 8.47. The summed E-state index contributed by atoms with van der Waals surface area (Å²) in [6.07, 6.45) is 3.80. The Morgan fingerprint density at radius 2 is 1.77 bits per heavy atom. The number of halogens is 1. The Balaban J connectivity index is 1.78. The van der Waals surface area contributed by atoms with Gasteiger partial charge in [-0.1, -0.05) is 37.1 Å². The summed E-state index contributed by atoms with van der Waals surface area (Å²) < 4.78 is 19.8. The van der Waals surface area contributed by atoms with Crippen LogP contribution in [-0.4, -0.2) is 30.9 Å². The second kappa shape index (κ2) is 11.3. The standard InChI is InChI=1S/C27H27FN2O4S/c1-34-27(33)18-12-14-20(15-13-18)30(24(31)17-21-9-6-16-35-21)25(22-10-4-5-11-23(22)28)26(32)29-19-7-2-3-8-19/h4-6,9-16,19,25H,2-3,7-8,17H2,1H3,(H,29,32)/t25-/m1/s1. The predicted molar refractivity (Wildman–Crippen MR) is 133 cm³/mol. The van der Waals surface area contributed by atoms with E-state index in [0.717, 1.165) is 30.6 Å². The molecule has 8 heteroatoms. The molecule has 1 aromatic heterocycles. The van der Waals surface area contributed by atoms with Gasteiger partial charge in [-0.25, -0.2) is 9.18 Å². The molecule has 1 atom stereocenters. The maximum atomic E-state index is 15.1. The highest BCUT2D eigenvalue weighted by atomic mass is 32.1. The van der Waals surface area contributed by atoms with Crippen molar-refractivity contribution in [1.29, 1.82) is 0 Å². The topological polar surface area (TPSA) is 75.7 Å². The fourth-order valence-corrected chi connectivity index (χ4v) is 5.10. The van der Waals surface area contributed by atoms with Crippen LogP contribution in [0.5, 0.6) is 0 Å². The van der Waals surface area contributed by atoms with Crippen LogP contribution in [0.2, 0.25) is 0 Å². The Morgan fingerprint density at radius 1 is 1.06 bits per heavy atom. The SMILES string of the molecule is COC(=O)c1ccc(N(C(=O)Cc2cccs2)[C@@H](C(=O)NC2CCCC2)c2ccccc2F)cc1. The smallest absolute Gasteiger partial charge is 0.337 e. The third-order valence-corrected chi connectivity index (χ3v) is 7.03. The summed E-state index contributed by atoms with van der Waals surface area (Å²) in [6, 6.07) is 14.7. The maximum Gasteiger partial charge on any atom is 0.337 e. The number of carbonyl (C=O) groups is 3. The van der Waals surface area contributed by atoms with E-state index in [4.69, 9.17) is 4.74 Å². The molecule has 1 heterocycles. The van der Waals surface area contributed by atoms with E-state index in [9.17, 15) is 14.4 Å². The van der Waals surface area contributed by atoms with Crippen molar-refractivity contribution in [2.45, 2.75) is 44.2 Å². The number of nitrogens with one attached hydrogen (secondary N) is 1. The highest BCUT2D eigenvalue weighted by Gasteiger charge is 2.36. The first kappa shape index (κ1) is 24.6. The number of anilines is 1. The van der Waals surface area contributed by atoms with Gasteiger partial charge in [0.2, 0.25) is 11.8 Å². The summed E-state index contributed by atoms with van der Waals surface area (Å²) in [5, 5.41) is 4.91. The molecule has 1 N–H and O–H groups in total. The third-order valence-electron chi connectivity index (χ3n) is 6.15. The van der Waals surface area contributed by atoms with Crippen LogP contribution >= 0.6 is 11.3 Å². The van der Waals surface area contributed by atoms with E-state index >= 15 is 4.39 Å². The Hall–Kier alpha value is -3.52. The van der Waals surface area contributed by atoms with Gasteiger partial charge in [0.25, 0.3) is 0 Å². The highest BCUT2D eigenvalue weighted by Crippen LogP contribution is 2.32. The van der Waals surface area contributed by atoms with Crippen molar-refractivity contribution in [2.24, 2.45) is 0 Å². The number of esters is 1. The molecule has 3 aromatic rings. The average molecular weight is 495 g/mol. The molecule has 6 nitrogen and oxygen atoms in total. The number of methoxy groups -OCH3 is 1. The molecule has 0 spiro atoms. The number of rotatable bonds is 8. The molecule has 1 fully saturated rings. The molecule has 1 aliphatic carbocycles. The molecule has 2 aromatic carbocycles. The molecule has 0 unspecified atom stereocenters. The number of amides is 2. The fraction of sp³-hybridized carbons (Fsp3) is 0.296. The van der Waals surface area contributed by atoms with Crippen molar-refractivity contribution in [3.05, 3.63) is 87.9 Å². The van der Waals surface area contributed by atoms with Crippen LogP contribution in [0.3, 0.4) is 0 Å². The molecule has 0 saturated heterocycles. The van der Waals surface area contributed by atoms with Gasteiger partial charge in [-0.2, -0.15) is 0 Å². The summed E-state index contributed by atoms with van der Waals surface area (Å²) in [6.45, 7) is 0. The van der Waals surface area contributed by atoms with Crippen molar-refractivity contribution < 1.29 is 23.5 Å². The first-order valence-corrected chi connectivity index (χ1v) is 12.4. The van der Waals surface area contributed by atoms with Crippen LogP contribution in [-0.2, 0) is 20.7 Å². The minimum absolute atomic E-state index is 0.00674. The van der Waals surface area contributed by atoms with Crippen LogP contribution in [0.15, 0.2) is 66.0 Å². The van der Waals surface area contributed by atoms with Crippen LogP contribution in [0.1, 0.15) is 52.5 Å². The van der Waals surface area contributed by atoms with Gasteiger partial charge < -0.3 is 10.1 Å². The maximum absolute atomic E-state index is 15.1. The molecule has 0 radical (unpaired) electrons. The number of hydrogen-bond donors (Lipinski definition) is 1. The summed E-state index contributed by atoms with van der Waals surface area (Å²) in [5.41, 5.74) is 0.799. The fourth-order valence-electron chi connectivity index (χ4n) is 4.41. The van der Waals surface area contributed by atoms with Gasteiger partial charge in [-0.05, 0) is 54.6 Å². The minimum Gasteiger partial charge on any atom is -0.465 e. The van der Waals surface area contributed by atoms with Crippen LogP contribution < -0.4 is 10.2 Å². The predicted octanol–water partition coefficient (Wildman–Crippen LogP) is 5.05. The lowest BCUT2D eigenvalue weighted by atomic mass is 10.0. The largest absolute Gasteiger partial charge is 0.465 e. The zero-order valence-electron chi connectivity index (χ0n) is 19.4. The summed E-state index contributed by atoms with van der Waals surface area (Å²) >= 11 is 1.44. The molecule has 0 aliphatic heterocycles. The van der Waals surface area contributed by atoms with Gasteiger partial charge in [-0.3, -0.25) is 14.5 Å². The van der Waals surface area contributed by atoms with Crippen LogP contribution in [0.25, 0.3) is 0 Å². The molecule has 1 aliphatic rings. The Bertz CT molecular complexity index is 1170. The molecule has 1 saturated carbocycles. The van der Waals surface area contributed by atoms with Gasteiger partial charge in [-0.15, -0.1) is 11.3 Å². The zero-order chi connectivity index (χ0) is 24.8. The first-order chi connectivity index (χ1) is 17.0. The van der Waals surface area contributed by atoms with Crippen molar-refractivity contribution in [3.8, 4) is 0 Å². The third kappa shape index (κ3) is 5.77. The number of nitrogens with zero attached hydrogens (tertiary/aromatic N) is 1. The van der Waals surface area contributed by atoms with Crippen molar-refractivity contribution in [1.82, 2.24) is 5.32 Å². The highest BCUT2D eigenvalue weighted by molar-refractivity contribution is 7.10. The van der Waals surface area contributed by atoms with Gasteiger partial charge in [0.15, 0.2) is 0 Å². The lowest BCUT2D eigenvalue weighted by molar-refractivity contribution is -0.127. The summed E-state index contributed by atoms with van der Waals surface area (Å²) in [5.74, 6) is -1.87. The number of hydrogen-bond acceptors (Lipinski definition) is 5. The first-order valence-electron chi connectivity index (χ1n) is 11.6. The number of benzene rings is 2. The van der Waals surface area contributed by atoms with Gasteiger partial charge in [0.1, 0.15) is 11.9 Å². The van der Waals surface area contributed by atoms with E-state index in [1.807, 2.05) is 17.5 Å². The molecular weight excluding hydrogens is 467 g/mol.